The van der Waals surface area contributed by atoms with Gasteiger partial charge in [0.25, 0.3) is 8.32 Å². The van der Waals surface area contributed by atoms with Crippen LogP contribution in [0.4, 0.5) is 0 Å². The van der Waals surface area contributed by atoms with Crippen LogP contribution in [-0.2, 0) is 24.9 Å². The Bertz CT molecular complexity index is 1810. The third-order valence-corrected chi connectivity index (χ3v) is 24.9. The van der Waals surface area contributed by atoms with Crippen LogP contribution in [-0.4, -0.2) is 70.4 Å². The minimum Gasteiger partial charge on any atom is -0.497 e. The predicted octanol–water partition coefficient (Wildman–Crippen LogP) is 11.5. The van der Waals surface area contributed by atoms with E-state index in [0.29, 0.717) is 13.2 Å². The monoisotopic (exact) mass is 871 g/mol. The molecule has 2 heterocycles. The van der Waals surface area contributed by atoms with Crippen LogP contribution in [0.5, 0.6) is 5.75 Å². The lowest BCUT2D eigenvalue weighted by Gasteiger charge is -2.45. The number of thioether (sulfide) groups is 2. The second-order valence-electron chi connectivity index (χ2n) is 18.7. The molecule has 1 spiro atoms. The summed E-state index contributed by atoms with van der Waals surface area (Å²) in [6.45, 7) is 21.1. The summed E-state index contributed by atoms with van der Waals surface area (Å²) in [5, 5.41) is 12.4. The molecule has 0 bridgehead atoms. The fourth-order valence-electron chi connectivity index (χ4n) is 7.95. The van der Waals surface area contributed by atoms with Crippen LogP contribution < -0.4 is 15.1 Å². The molecule has 4 atom stereocenters. The minimum atomic E-state index is -2.79. The van der Waals surface area contributed by atoms with E-state index < -0.39 is 22.7 Å². The van der Waals surface area contributed by atoms with Crippen LogP contribution in [0.3, 0.4) is 0 Å². The summed E-state index contributed by atoms with van der Waals surface area (Å²) >= 11 is 4.23. The fraction of sp³-hybridized carbons (Fsp3) is 0.531. The van der Waals surface area contributed by atoms with E-state index >= 15 is 0 Å². The number of methoxy groups -OCH3 is 1. The summed E-state index contributed by atoms with van der Waals surface area (Å²) in [5.41, 5.74) is 2.33. The van der Waals surface area contributed by atoms with Gasteiger partial charge in [-0.2, -0.15) is 5.26 Å². The molecule has 2 aliphatic heterocycles. The Kier molecular flexibility index (Phi) is 16.9. The lowest BCUT2D eigenvalue weighted by Crippen LogP contribution is -2.67. The van der Waals surface area contributed by atoms with E-state index in [4.69, 9.17) is 23.1 Å². The average Bonchev–Trinajstić information content (AvgIpc) is 3.19. The summed E-state index contributed by atoms with van der Waals surface area (Å²) in [6.07, 6.45) is 10.4. The van der Waals surface area contributed by atoms with Gasteiger partial charge in [-0.05, 0) is 101 Å². The van der Waals surface area contributed by atoms with Crippen molar-refractivity contribution in [3.8, 4) is 11.8 Å². The highest BCUT2D eigenvalue weighted by molar-refractivity contribution is 8.18. The van der Waals surface area contributed by atoms with Gasteiger partial charge in [-0.1, -0.05) is 132 Å². The number of nitrogens with zero attached hydrogens (tertiary/aromatic N) is 1. The van der Waals surface area contributed by atoms with Gasteiger partial charge in [0.2, 0.25) is 0 Å². The van der Waals surface area contributed by atoms with E-state index in [1.54, 1.807) is 7.11 Å². The number of hydrogen-bond acceptors (Lipinski definition) is 8. The SMILES string of the molecule is COc1ccc(CO[C@@H](CO[Si](c2ccccc2)(c2ccccc2)C(C)(C)C)C/C(C)=C/[C@H]2CC3(C[C@@H](C/C=C/C(C#N)O[Si](C)(C)C(C)(C)C)O2)SCCCS3)cc1. The van der Waals surface area contributed by atoms with Crippen molar-refractivity contribution in [2.45, 2.75) is 139 Å². The smallest absolute Gasteiger partial charge is 0.261 e. The van der Waals surface area contributed by atoms with E-state index in [1.165, 1.54) is 33.9 Å². The molecule has 3 aromatic rings. The molecule has 0 aromatic heterocycles. The summed E-state index contributed by atoms with van der Waals surface area (Å²) < 4.78 is 33.2. The predicted molar refractivity (Wildman–Crippen MR) is 255 cm³/mol. The molecule has 59 heavy (non-hydrogen) atoms. The van der Waals surface area contributed by atoms with E-state index in [2.05, 4.69) is 176 Å². The zero-order chi connectivity index (χ0) is 42.7. The van der Waals surface area contributed by atoms with Crippen LogP contribution in [0.25, 0.3) is 0 Å². The molecule has 320 valence electrons. The van der Waals surface area contributed by atoms with Crippen molar-refractivity contribution < 1.29 is 23.1 Å². The third kappa shape index (κ3) is 12.7. The van der Waals surface area contributed by atoms with Crippen LogP contribution in [0.2, 0.25) is 23.2 Å². The van der Waals surface area contributed by atoms with Gasteiger partial charge in [0.1, 0.15) is 5.75 Å². The maximum Gasteiger partial charge on any atom is 0.261 e. The van der Waals surface area contributed by atoms with Crippen molar-refractivity contribution in [2.24, 2.45) is 0 Å². The van der Waals surface area contributed by atoms with Gasteiger partial charge in [0, 0.05) is 6.42 Å². The van der Waals surface area contributed by atoms with Gasteiger partial charge in [-0.25, -0.2) is 0 Å². The first-order valence-electron chi connectivity index (χ1n) is 21.3. The molecular weight excluding hydrogens is 803 g/mol. The zero-order valence-corrected chi connectivity index (χ0v) is 40.9. The first kappa shape index (κ1) is 47.5. The van der Waals surface area contributed by atoms with Gasteiger partial charge in [0.15, 0.2) is 14.4 Å². The maximum atomic E-state index is 9.99. The topological polar surface area (TPSA) is 69.9 Å². The number of nitriles is 1. The lowest BCUT2D eigenvalue weighted by molar-refractivity contribution is -0.0256. The normalized spacial score (nSPS) is 20.3. The molecule has 6 nitrogen and oxygen atoms in total. The summed E-state index contributed by atoms with van der Waals surface area (Å²) in [6, 6.07) is 32.2. The van der Waals surface area contributed by atoms with Crippen LogP contribution in [0, 0.1) is 11.3 Å². The molecule has 0 aliphatic carbocycles. The van der Waals surface area contributed by atoms with E-state index in [1.807, 2.05) is 18.2 Å². The molecule has 0 N–H and O–H groups in total. The number of benzene rings is 3. The van der Waals surface area contributed by atoms with Gasteiger partial charge < -0.3 is 23.1 Å². The Morgan fingerprint density at radius 1 is 0.898 bits per heavy atom. The number of rotatable bonds is 17. The summed E-state index contributed by atoms with van der Waals surface area (Å²) in [5.74, 6) is 3.20. The molecule has 1 unspecified atom stereocenters. The quantitative estimate of drug-likeness (QED) is 0.0981. The molecule has 0 amide bonds. The molecule has 3 aromatic carbocycles. The standard InChI is InChI=1S/C49H69NO5S2Si2/c1-38(31-43-34-49(56-29-18-30-57-49)33-41(54-43)19-17-20-42(35-50)55-58(9,10)47(2,3)4)32-44(52-36-39-25-27-40(51-8)28-26-39)37-53-59(48(5,6)7,45-21-13-11-14-22-45)46-23-15-12-16-24-46/h11-17,20-28,31,41-44H,18-19,29-30,32-34,36-37H2,1-10H3/b20-17+,38-31+/t41-,42?,43+,44-/m1/s1. The molecule has 5 rings (SSSR count). The number of ether oxygens (including phenoxy) is 3. The van der Waals surface area contributed by atoms with Crippen molar-refractivity contribution >= 4 is 50.5 Å². The van der Waals surface area contributed by atoms with Crippen molar-refractivity contribution in [3.05, 3.63) is 114 Å². The van der Waals surface area contributed by atoms with Gasteiger partial charge in [-0.15, -0.1) is 23.5 Å². The molecular formula is C49H69NO5S2Si2. The van der Waals surface area contributed by atoms with Gasteiger partial charge >= 0.3 is 0 Å². The largest absolute Gasteiger partial charge is 0.497 e. The van der Waals surface area contributed by atoms with E-state index in [0.717, 1.165) is 37.0 Å². The highest BCUT2D eigenvalue weighted by Crippen LogP contribution is 2.52. The highest BCUT2D eigenvalue weighted by Gasteiger charge is 2.50. The average molecular weight is 872 g/mol. The van der Waals surface area contributed by atoms with Crippen LogP contribution in [0.15, 0.2) is 109 Å². The minimum absolute atomic E-state index is 0.0182. The van der Waals surface area contributed by atoms with E-state index in [9.17, 15) is 5.26 Å². The van der Waals surface area contributed by atoms with Gasteiger partial charge in [-0.3, -0.25) is 0 Å². The van der Waals surface area contributed by atoms with Crippen molar-refractivity contribution in [3.63, 3.8) is 0 Å². The molecule has 0 radical (unpaired) electrons. The van der Waals surface area contributed by atoms with Gasteiger partial charge in [0.05, 0.1) is 48.8 Å². The van der Waals surface area contributed by atoms with Crippen molar-refractivity contribution in [1.29, 1.82) is 5.26 Å². The van der Waals surface area contributed by atoms with Crippen molar-refractivity contribution in [1.82, 2.24) is 0 Å². The third-order valence-electron chi connectivity index (χ3n) is 12.1. The molecule has 2 aliphatic rings. The van der Waals surface area contributed by atoms with Crippen LogP contribution >= 0.6 is 23.5 Å². The lowest BCUT2D eigenvalue weighted by atomic mass is 9.98. The molecule has 0 saturated carbocycles. The Labute approximate surface area is 367 Å². The van der Waals surface area contributed by atoms with Crippen LogP contribution in [0.1, 0.15) is 86.1 Å². The summed E-state index contributed by atoms with van der Waals surface area (Å²) in [4.78, 5) is 0. The Hall–Kier alpha value is -2.60. The van der Waals surface area contributed by atoms with E-state index in [-0.39, 0.29) is 32.5 Å². The highest BCUT2D eigenvalue weighted by atomic mass is 32.2. The second kappa shape index (κ2) is 21.0. The molecule has 10 heteroatoms. The summed E-state index contributed by atoms with van der Waals surface area (Å²) in [7, 11) is -3.18. The zero-order valence-electron chi connectivity index (χ0n) is 37.3. The maximum absolute atomic E-state index is 9.99. The molecule has 2 fully saturated rings. The number of hydrogen-bond donors (Lipinski definition) is 0. The first-order chi connectivity index (χ1) is 28.0. The molecule has 2 saturated heterocycles. The van der Waals surface area contributed by atoms with Crippen molar-refractivity contribution in [2.75, 3.05) is 25.2 Å². The Morgan fingerprint density at radius 2 is 1.51 bits per heavy atom. The Morgan fingerprint density at radius 3 is 2.05 bits per heavy atom. The fourth-order valence-corrected chi connectivity index (χ4v) is 17.2. The first-order valence-corrected chi connectivity index (χ1v) is 28.1. The second-order valence-corrected chi connectivity index (χ2v) is 31.0. The Balaban J connectivity index is 1.39.